The Morgan fingerprint density at radius 3 is 2.75 bits per heavy atom. The summed E-state index contributed by atoms with van der Waals surface area (Å²) in [6.07, 6.45) is 0.889. The summed E-state index contributed by atoms with van der Waals surface area (Å²) in [6, 6.07) is 14.2. The summed E-state index contributed by atoms with van der Waals surface area (Å²) in [5, 5.41) is 12.1. The van der Waals surface area contributed by atoms with Gasteiger partial charge in [-0.1, -0.05) is 30.3 Å². The lowest BCUT2D eigenvalue weighted by atomic mass is 9.99. The van der Waals surface area contributed by atoms with Crippen LogP contribution in [0, 0.1) is 0 Å². The standard InChI is InChI=1S/C15H12N4O/c1-19-17-15(16-18-19)12-7-6-11-8-10-4-2-3-5-13(10)20-14(11)9-12/h2-7,9H,8H2,1H3. The number of rotatable bonds is 1. The van der Waals surface area contributed by atoms with Crippen molar-refractivity contribution in [3.63, 3.8) is 0 Å². The minimum absolute atomic E-state index is 0.609. The van der Waals surface area contributed by atoms with Gasteiger partial charge in [-0.3, -0.25) is 0 Å². The summed E-state index contributed by atoms with van der Waals surface area (Å²) in [6.45, 7) is 0. The van der Waals surface area contributed by atoms with Gasteiger partial charge in [-0.05, 0) is 28.5 Å². The van der Waals surface area contributed by atoms with Crippen LogP contribution in [0.25, 0.3) is 11.4 Å². The monoisotopic (exact) mass is 264 g/mol. The predicted octanol–water partition coefficient (Wildman–Crippen LogP) is 2.57. The Balaban J connectivity index is 1.76. The highest BCUT2D eigenvalue weighted by Crippen LogP contribution is 2.37. The SMILES string of the molecule is Cn1nnc(-c2ccc3c(c2)Oc2ccccc2C3)n1. The first kappa shape index (κ1) is 11.2. The van der Waals surface area contributed by atoms with Crippen molar-refractivity contribution in [2.45, 2.75) is 6.42 Å². The van der Waals surface area contributed by atoms with Gasteiger partial charge in [0.1, 0.15) is 11.5 Å². The largest absolute Gasteiger partial charge is 0.457 e. The third-order valence-corrected chi connectivity index (χ3v) is 3.41. The Hall–Kier alpha value is -2.69. The number of ether oxygens (including phenoxy) is 1. The Bertz CT molecular complexity index is 794. The molecular formula is C15H12N4O. The molecule has 1 aliphatic heterocycles. The molecule has 0 aliphatic carbocycles. The van der Waals surface area contributed by atoms with Crippen LogP contribution in [0.1, 0.15) is 11.1 Å². The van der Waals surface area contributed by atoms with Gasteiger partial charge in [-0.2, -0.15) is 4.80 Å². The van der Waals surface area contributed by atoms with Gasteiger partial charge in [-0.25, -0.2) is 0 Å². The molecular weight excluding hydrogens is 252 g/mol. The van der Waals surface area contributed by atoms with Crippen molar-refractivity contribution < 1.29 is 4.74 Å². The topological polar surface area (TPSA) is 52.8 Å². The van der Waals surface area contributed by atoms with Crippen molar-refractivity contribution in [3.05, 3.63) is 53.6 Å². The van der Waals surface area contributed by atoms with Crippen LogP contribution < -0.4 is 4.74 Å². The van der Waals surface area contributed by atoms with Crippen molar-refractivity contribution >= 4 is 0 Å². The van der Waals surface area contributed by atoms with Gasteiger partial charge in [0.05, 0.1) is 7.05 Å². The molecule has 4 rings (SSSR count). The Morgan fingerprint density at radius 2 is 1.90 bits per heavy atom. The molecule has 0 radical (unpaired) electrons. The first-order valence-electron chi connectivity index (χ1n) is 6.43. The Morgan fingerprint density at radius 1 is 1.05 bits per heavy atom. The average molecular weight is 264 g/mol. The average Bonchev–Trinajstić information content (AvgIpc) is 2.91. The fourth-order valence-corrected chi connectivity index (χ4v) is 2.41. The number of hydrogen-bond acceptors (Lipinski definition) is 4. The van der Waals surface area contributed by atoms with E-state index in [-0.39, 0.29) is 0 Å². The van der Waals surface area contributed by atoms with Gasteiger partial charge in [0, 0.05) is 12.0 Å². The molecule has 0 unspecified atom stereocenters. The van der Waals surface area contributed by atoms with Crippen LogP contribution >= 0.6 is 0 Å². The van der Waals surface area contributed by atoms with Crippen LogP contribution in [-0.4, -0.2) is 20.2 Å². The van der Waals surface area contributed by atoms with Crippen LogP contribution in [0.5, 0.6) is 11.5 Å². The molecule has 20 heavy (non-hydrogen) atoms. The predicted molar refractivity (Wildman–Crippen MR) is 73.6 cm³/mol. The molecule has 0 saturated carbocycles. The summed E-state index contributed by atoms with van der Waals surface area (Å²) in [5.74, 6) is 2.40. The van der Waals surface area contributed by atoms with Gasteiger partial charge in [-0.15, -0.1) is 10.2 Å². The number of nitrogens with zero attached hydrogens (tertiary/aromatic N) is 4. The normalized spacial score (nSPS) is 12.4. The van der Waals surface area contributed by atoms with Crippen molar-refractivity contribution in [3.8, 4) is 22.9 Å². The van der Waals surface area contributed by atoms with Crippen molar-refractivity contribution in [1.82, 2.24) is 20.2 Å². The molecule has 1 aromatic heterocycles. The van der Waals surface area contributed by atoms with Gasteiger partial charge in [0.25, 0.3) is 0 Å². The summed E-state index contributed by atoms with van der Waals surface area (Å²) in [5.41, 5.74) is 3.30. The van der Waals surface area contributed by atoms with E-state index >= 15 is 0 Å². The number of fused-ring (bicyclic) bond motifs is 2. The smallest absolute Gasteiger partial charge is 0.205 e. The number of aromatic nitrogens is 4. The maximum atomic E-state index is 5.96. The van der Waals surface area contributed by atoms with E-state index in [0.29, 0.717) is 5.82 Å². The third kappa shape index (κ3) is 1.75. The fraction of sp³-hybridized carbons (Fsp3) is 0.133. The highest BCUT2D eigenvalue weighted by molar-refractivity contribution is 5.61. The summed E-state index contributed by atoms with van der Waals surface area (Å²) in [7, 11) is 1.75. The first-order valence-corrected chi connectivity index (χ1v) is 6.43. The van der Waals surface area contributed by atoms with E-state index in [4.69, 9.17) is 4.74 Å². The zero-order chi connectivity index (χ0) is 13.5. The molecule has 2 aromatic carbocycles. The van der Waals surface area contributed by atoms with Gasteiger partial charge in [0.15, 0.2) is 0 Å². The summed E-state index contributed by atoms with van der Waals surface area (Å²) in [4.78, 5) is 1.45. The second kappa shape index (κ2) is 4.16. The number of tetrazole rings is 1. The quantitative estimate of drug-likeness (QED) is 0.530. The molecule has 5 nitrogen and oxygen atoms in total. The number of aryl methyl sites for hydroxylation is 1. The van der Waals surface area contributed by atoms with E-state index in [0.717, 1.165) is 23.5 Å². The molecule has 0 saturated heterocycles. The van der Waals surface area contributed by atoms with Crippen LogP contribution in [0.2, 0.25) is 0 Å². The lowest BCUT2D eigenvalue weighted by Gasteiger charge is -2.20. The molecule has 0 spiro atoms. The molecule has 2 heterocycles. The zero-order valence-electron chi connectivity index (χ0n) is 10.9. The maximum absolute atomic E-state index is 5.96. The van der Waals surface area contributed by atoms with Crippen LogP contribution in [0.15, 0.2) is 42.5 Å². The molecule has 0 fully saturated rings. The maximum Gasteiger partial charge on any atom is 0.205 e. The second-order valence-electron chi connectivity index (χ2n) is 4.81. The van der Waals surface area contributed by atoms with E-state index in [1.54, 1.807) is 7.05 Å². The van der Waals surface area contributed by atoms with Crippen molar-refractivity contribution in [2.24, 2.45) is 7.05 Å². The minimum atomic E-state index is 0.609. The lowest BCUT2D eigenvalue weighted by Crippen LogP contribution is -2.02. The van der Waals surface area contributed by atoms with Crippen molar-refractivity contribution in [1.29, 1.82) is 0 Å². The second-order valence-corrected chi connectivity index (χ2v) is 4.81. The fourth-order valence-electron chi connectivity index (χ4n) is 2.41. The third-order valence-electron chi connectivity index (χ3n) is 3.41. The van der Waals surface area contributed by atoms with E-state index in [9.17, 15) is 0 Å². The van der Waals surface area contributed by atoms with Gasteiger partial charge < -0.3 is 4.74 Å². The number of hydrogen-bond donors (Lipinski definition) is 0. The Labute approximate surface area is 115 Å². The van der Waals surface area contributed by atoms with E-state index in [1.165, 1.54) is 15.9 Å². The van der Waals surface area contributed by atoms with E-state index in [1.807, 2.05) is 30.3 Å². The molecule has 0 amide bonds. The molecule has 3 aromatic rings. The molecule has 5 heteroatoms. The highest BCUT2D eigenvalue weighted by Gasteiger charge is 2.17. The molecule has 98 valence electrons. The summed E-state index contributed by atoms with van der Waals surface area (Å²) < 4.78 is 5.96. The first-order chi connectivity index (χ1) is 9.79. The molecule has 0 atom stereocenters. The van der Waals surface area contributed by atoms with Crippen molar-refractivity contribution in [2.75, 3.05) is 0 Å². The molecule has 1 aliphatic rings. The highest BCUT2D eigenvalue weighted by atomic mass is 16.5. The summed E-state index contributed by atoms with van der Waals surface area (Å²) >= 11 is 0. The van der Waals surface area contributed by atoms with Gasteiger partial charge >= 0.3 is 0 Å². The van der Waals surface area contributed by atoms with Crippen LogP contribution in [-0.2, 0) is 13.5 Å². The molecule has 0 bridgehead atoms. The number of benzene rings is 2. The lowest BCUT2D eigenvalue weighted by molar-refractivity contribution is 0.460. The van der Waals surface area contributed by atoms with Gasteiger partial charge in [0.2, 0.25) is 5.82 Å². The Kier molecular flexibility index (Phi) is 2.32. The molecule has 0 N–H and O–H groups in total. The van der Waals surface area contributed by atoms with Crippen LogP contribution in [0.4, 0.5) is 0 Å². The van der Waals surface area contributed by atoms with E-state index < -0.39 is 0 Å². The van der Waals surface area contributed by atoms with Crippen LogP contribution in [0.3, 0.4) is 0 Å². The van der Waals surface area contributed by atoms with E-state index in [2.05, 4.69) is 27.5 Å². The number of para-hydroxylation sites is 1. The minimum Gasteiger partial charge on any atom is -0.457 e. The zero-order valence-corrected chi connectivity index (χ0v) is 10.9.